The van der Waals surface area contributed by atoms with E-state index in [2.05, 4.69) is 90.5 Å². The molecule has 17 nitrogen and oxygen atoms in total. The van der Waals surface area contributed by atoms with Crippen molar-refractivity contribution in [3.63, 3.8) is 0 Å². The smallest absolute Gasteiger partial charge is 0.281 e. The van der Waals surface area contributed by atoms with E-state index in [1.807, 2.05) is 45.0 Å². The number of nitrogens with one attached hydrogen (secondary N) is 1. The lowest BCUT2D eigenvalue weighted by atomic mass is 9.72. The molecule has 4 aromatic heterocycles. The van der Waals surface area contributed by atoms with Gasteiger partial charge in [0.15, 0.2) is 5.82 Å². The van der Waals surface area contributed by atoms with Gasteiger partial charge in [0.2, 0.25) is 23.7 Å². The molecule has 1 aliphatic carbocycles. The van der Waals surface area contributed by atoms with Gasteiger partial charge in [-0.15, -0.1) is 0 Å². The second-order valence-electron chi connectivity index (χ2n) is 14.7. The maximum atomic E-state index is 12.4. The summed E-state index contributed by atoms with van der Waals surface area (Å²) in [5.41, 5.74) is 22.8. The zero-order valence-electron chi connectivity index (χ0n) is 36.9. The Morgan fingerprint density at radius 1 is 0.855 bits per heavy atom. The van der Waals surface area contributed by atoms with Crippen molar-refractivity contribution in [2.45, 2.75) is 85.1 Å². The molecule has 0 spiro atoms. The third-order valence-electron chi connectivity index (χ3n) is 10.0. The van der Waals surface area contributed by atoms with Crippen molar-refractivity contribution in [1.82, 2.24) is 45.2 Å². The normalized spacial score (nSPS) is 13.2. The predicted molar refractivity (Wildman–Crippen MR) is 241 cm³/mol. The molecular weight excluding hydrogens is 787 g/mol. The summed E-state index contributed by atoms with van der Waals surface area (Å²) in [4.78, 5) is 48.5. The number of carbonyl (C=O) groups is 2. The molecule has 0 radical (unpaired) electrons. The molecule has 328 valence electrons. The number of amidine groups is 1. The van der Waals surface area contributed by atoms with E-state index < -0.39 is 5.91 Å². The predicted octanol–water partition coefficient (Wildman–Crippen LogP) is 6.43. The van der Waals surface area contributed by atoms with Gasteiger partial charge in [-0.05, 0) is 35.1 Å². The van der Waals surface area contributed by atoms with Crippen LogP contribution >= 0.6 is 0 Å². The monoisotopic (exact) mass is 845 g/mol. The standard InChI is InChI=1S/C20H22N8O2.C20H25N5O2.C3H6.C2H6/c1-12(13-3-5-14(6-4-13)15-7-24-20(22)25-8-15)18(21)27-19(30)16-9-26-28(10-16)11-17(29)23-2;1-13(2)20(3,18-24-17(27-25-18)9-10-26-4)16-7-5-14(6-8-16)15-11-22-19(21)23-12-15;1-2-3-1;1-2/h3-10,12H,11H2,1-2H3,(H,23,29)(H2,21,27,30)(H2,22,24,25);5-8,11-13H,9-10H2,1-4H3,(H2,21,22,23);1-3H2;1-2H3. The van der Waals surface area contributed by atoms with Gasteiger partial charge in [0.25, 0.3) is 5.91 Å². The topological polar surface area (TPSA) is 254 Å². The molecule has 6 aromatic rings. The summed E-state index contributed by atoms with van der Waals surface area (Å²) in [6.07, 6.45) is 14.7. The number of aromatic nitrogens is 8. The molecule has 2 atom stereocenters. The van der Waals surface area contributed by atoms with Crippen LogP contribution in [-0.2, 0) is 27.9 Å². The number of rotatable bonds is 13. The lowest BCUT2D eigenvalue weighted by molar-refractivity contribution is -0.121. The lowest BCUT2D eigenvalue weighted by Crippen LogP contribution is -2.31. The SMILES string of the molecule is C1CC1.CC.CNC(=O)Cn1cc(C(=O)N=C(N)C(C)c2ccc(-c3cnc(N)nc3)cc2)cn1.COCCc1nc(C(C)(c2ccc(-c3cnc(N)nc3)cc2)C(C)C)no1. The minimum Gasteiger partial charge on any atom is -0.387 e. The average molecular weight is 846 g/mol. The van der Waals surface area contributed by atoms with Crippen LogP contribution in [0.15, 0.2) is 95.2 Å². The fourth-order valence-corrected chi connectivity index (χ4v) is 5.66. The Morgan fingerprint density at radius 3 is 1.87 bits per heavy atom. The number of aliphatic imine (C=N–C) groups is 1. The Bertz CT molecular complexity index is 2320. The fourth-order valence-electron chi connectivity index (χ4n) is 5.66. The molecule has 1 fully saturated rings. The highest BCUT2D eigenvalue weighted by Crippen LogP contribution is 2.38. The Kier molecular flexibility index (Phi) is 17.9. The van der Waals surface area contributed by atoms with Gasteiger partial charge in [0.05, 0.1) is 30.2 Å². The number of amides is 2. The molecule has 0 aliphatic heterocycles. The third kappa shape index (κ3) is 13.3. The molecule has 1 aliphatic rings. The second kappa shape index (κ2) is 23.2. The summed E-state index contributed by atoms with van der Waals surface area (Å²) in [5.74, 6) is 1.22. The van der Waals surface area contributed by atoms with Gasteiger partial charge in [-0.25, -0.2) is 19.9 Å². The van der Waals surface area contributed by atoms with Crippen LogP contribution in [0, 0.1) is 5.92 Å². The van der Waals surface area contributed by atoms with Gasteiger partial charge in [-0.1, -0.05) is 108 Å². The zero-order chi connectivity index (χ0) is 45.2. The first-order chi connectivity index (χ1) is 29.8. The van der Waals surface area contributed by atoms with Crippen molar-refractivity contribution in [1.29, 1.82) is 0 Å². The van der Waals surface area contributed by atoms with Crippen LogP contribution in [-0.4, -0.2) is 78.3 Å². The van der Waals surface area contributed by atoms with Gasteiger partial charge >= 0.3 is 0 Å². The maximum Gasteiger partial charge on any atom is 0.281 e. The van der Waals surface area contributed by atoms with Crippen LogP contribution < -0.4 is 22.5 Å². The van der Waals surface area contributed by atoms with E-state index in [4.69, 9.17) is 26.5 Å². The van der Waals surface area contributed by atoms with Crippen LogP contribution in [0.4, 0.5) is 11.9 Å². The number of hydrogen-bond donors (Lipinski definition) is 4. The van der Waals surface area contributed by atoms with Gasteiger partial charge in [0, 0.05) is 62.2 Å². The minimum atomic E-state index is -0.516. The van der Waals surface area contributed by atoms with Gasteiger partial charge in [-0.2, -0.15) is 15.1 Å². The Morgan fingerprint density at radius 2 is 1.39 bits per heavy atom. The van der Waals surface area contributed by atoms with Crippen molar-refractivity contribution in [2.24, 2.45) is 16.6 Å². The molecule has 17 heteroatoms. The zero-order valence-corrected chi connectivity index (χ0v) is 36.9. The van der Waals surface area contributed by atoms with E-state index in [9.17, 15) is 9.59 Å². The van der Waals surface area contributed by atoms with Crippen LogP contribution in [0.3, 0.4) is 0 Å². The first-order valence-electron chi connectivity index (χ1n) is 20.6. The Labute approximate surface area is 363 Å². The highest BCUT2D eigenvalue weighted by Gasteiger charge is 2.37. The van der Waals surface area contributed by atoms with Crippen molar-refractivity contribution >= 4 is 29.5 Å². The summed E-state index contributed by atoms with van der Waals surface area (Å²) in [6, 6.07) is 15.9. The Hall–Kier alpha value is -6.88. The Balaban J connectivity index is 0.000000246. The number of nitrogen functional groups attached to an aromatic ring is 2. The summed E-state index contributed by atoms with van der Waals surface area (Å²) in [7, 11) is 3.18. The number of benzene rings is 2. The summed E-state index contributed by atoms with van der Waals surface area (Å²) in [6.45, 7) is 12.9. The van der Waals surface area contributed by atoms with Gasteiger partial charge in [0.1, 0.15) is 12.4 Å². The number of likely N-dealkylation sites (N-methyl/N-ethyl adjacent to an activating group) is 1. The second-order valence-corrected chi connectivity index (χ2v) is 14.7. The van der Waals surface area contributed by atoms with E-state index >= 15 is 0 Å². The van der Waals surface area contributed by atoms with Crippen LogP contribution in [0.25, 0.3) is 22.3 Å². The summed E-state index contributed by atoms with van der Waals surface area (Å²) >= 11 is 0. The van der Waals surface area contributed by atoms with Crippen LogP contribution in [0.1, 0.15) is 99.9 Å². The van der Waals surface area contributed by atoms with Crippen molar-refractivity contribution in [3.05, 3.63) is 114 Å². The number of hydrogen-bond acceptors (Lipinski definition) is 13. The largest absolute Gasteiger partial charge is 0.387 e. The minimum absolute atomic E-state index is 0.0186. The van der Waals surface area contributed by atoms with Crippen LogP contribution in [0.5, 0.6) is 0 Å². The molecule has 0 bridgehead atoms. The fraction of sp³-hybridized carbons (Fsp3) is 0.378. The molecule has 62 heavy (non-hydrogen) atoms. The number of carbonyl (C=O) groups excluding carboxylic acids is 2. The highest BCUT2D eigenvalue weighted by atomic mass is 16.5. The molecule has 1 saturated carbocycles. The van der Waals surface area contributed by atoms with E-state index in [0.29, 0.717) is 24.7 Å². The van der Waals surface area contributed by atoms with E-state index in [0.717, 1.165) is 33.4 Å². The third-order valence-corrected chi connectivity index (χ3v) is 10.0. The van der Waals surface area contributed by atoms with Crippen molar-refractivity contribution in [2.75, 3.05) is 32.2 Å². The summed E-state index contributed by atoms with van der Waals surface area (Å²) < 4.78 is 11.9. The van der Waals surface area contributed by atoms with Crippen LogP contribution in [0.2, 0.25) is 0 Å². The van der Waals surface area contributed by atoms with Crippen molar-refractivity contribution in [3.8, 4) is 22.3 Å². The van der Waals surface area contributed by atoms with Gasteiger partial charge in [-0.3, -0.25) is 14.3 Å². The molecule has 4 heterocycles. The molecule has 2 aromatic carbocycles. The van der Waals surface area contributed by atoms with E-state index in [1.54, 1.807) is 31.9 Å². The highest BCUT2D eigenvalue weighted by molar-refractivity contribution is 6.04. The van der Waals surface area contributed by atoms with E-state index in [-0.39, 0.29) is 53.0 Å². The number of anilines is 2. The molecule has 7 rings (SSSR count). The van der Waals surface area contributed by atoms with E-state index in [1.165, 1.54) is 43.4 Å². The molecule has 0 saturated heterocycles. The number of methoxy groups -OCH3 is 1. The molecular formula is C45H59N13O4. The number of nitrogens with zero attached hydrogens (tertiary/aromatic N) is 9. The average Bonchev–Trinajstić information content (AvgIpc) is 3.98. The van der Waals surface area contributed by atoms with Gasteiger partial charge < -0.3 is 31.8 Å². The number of ether oxygens (including phenoxy) is 1. The molecule has 7 N–H and O–H groups in total. The lowest BCUT2D eigenvalue weighted by Gasteiger charge is -2.31. The summed E-state index contributed by atoms with van der Waals surface area (Å²) in [5, 5.41) is 10.7. The quantitative estimate of drug-likeness (QED) is 0.0723. The molecule has 2 amide bonds. The first-order valence-corrected chi connectivity index (χ1v) is 20.6. The first kappa shape index (κ1) is 47.8. The maximum absolute atomic E-state index is 12.4. The number of nitrogens with two attached hydrogens (primary N) is 3. The molecule has 2 unspecified atom stereocenters. The van der Waals surface area contributed by atoms with Crippen molar-refractivity contribution < 1.29 is 18.8 Å².